The van der Waals surface area contributed by atoms with Crippen LogP contribution in [0.3, 0.4) is 0 Å². The molecule has 2 heterocycles. The fraction of sp³-hybridized carbons (Fsp3) is 0.182. The molecule has 2 rings (SSSR count). The summed E-state index contributed by atoms with van der Waals surface area (Å²) in [6, 6.07) is 6.41. The van der Waals surface area contributed by atoms with Crippen LogP contribution in [0.25, 0.3) is 0 Å². The number of nitrogens with zero attached hydrogens (tertiary/aromatic N) is 3. The lowest BCUT2D eigenvalue weighted by Gasteiger charge is -2.05. The fourth-order valence-corrected chi connectivity index (χ4v) is 1.64. The zero-order valence-corrected chi connectivity index (χ0v) is 9.89. The maximum absolute atomic E-state index is 11.7. The van der Waals surface area contributed by atoms with Crippen molar-refractivity contribution in [2.45, 2.75) is 6.54 Å². The van der Waals surface area contributed by atoms with Crippen LogP contribution in [0.4, 0.5) is 0 Å². The summed E-state index contributed by atoms with van der Waals surface area (Å²) in [7, 11) is 1.59. The third-order valence-electron chi connectivity index (χ3n) is 2.33. The second-order valence-electron chi connectivity index (χ2n) is 3.59. The summed E-state index contributed by atoms with van der Waals surface area (Å²) in [6.45, 7) is 0.118. The minimum Gasteiger partial charge on any atom is -0.303 e. The minimum atomic E-state index is -0.376. The lowest BCUT2D eigenvalue weighted by molar-refractivity contribution is 0.631. The lowest BCUT2D eigenvalue weighted by Crippen LogP contribution is -2.38. The molecular weight excluding hydrogens is 242 g/mol. The number of halogens is 1. The molecule has 0 bridgehead atoms. The second-order valence-corrected chi connectivity index (χ2v) is 3.97. The van der Waals surface area contributed by atoms with Gasteiger partial charge in [0.25, 0.3) is 5.56 Å². The first-order chi connectivity index (χ1) is 8.08. The van der Waals surface area contributed by atoms with Crippen LogP contribution in [0.1, 0.15) is 5.69 Å². The third kappa shape index (κ3) is 2.45. The molecule has 0 fully saturated rings. The van der Waals surface area contributed by atoms with E-state index in [1.54, 1.807) is 25.2 Å². The SMILES string of the molecule is Cn1ccc(=O)n(Cc2cccc(Cl)n2)c1=O. The molecule has 0 aliphatic rings. The molecule has 17 heavy (non-hydrogen) atoms. The maximum Gasteiger partial charge on any atom is 0.331 e. The Balaban J connectivity index is 2.47. The standard InChI is InChI=1S/C11H10ClN3O2/c1-14-6-5-10(16)15(11(14)17)7-8-3-2-4-9(12)13-8/h2-6H,7H2,1H3. The average molecular weight is 252 g/mol. The summed E-state index contributed by atoms with van der Waals surface area (Å²) in [4.78, 5) is 27.4. The van der Waals surface area contributed by atoms with Gasteiger partial charge in [-0.1, -0.05) is 17.7 Å². The number of pyridine rings is 1. The monoisotopic (exact) mass is 251 g/mol. The average Bonchev–Trinajstić information content (AvgIpc) is 2.30. The van der Waals surface area contributed by atoms with E-state index in [2.05, 4.69) is 4.98 Å². The van der Waals surface area contributed by atoms with Gasteiger partial charge < -0.3 is 4.57 Å². The van der Waals surface area contributed by atoms with Crippen molar-refractivity contribution in [1.82, 2.24) is 14.1 Å². The second kappa shape index (κ2) is 4.55. The van der Waals surface area contributed by atoms with E-state index in [4.69, 9.17) is 11.6 Å². The van der Waals surface area contributed by atoms with Crippen molar-refractivity contribution in [2.75, 3.05) is 0 Å². The van der Waals surface area contributed by atoms with Crippen LogP contribution in [0.15, 0.2) is 40.1 Å². The molecule has 0 atom stereocenters. The van der Waals surface area contributed by atoms with E-state index >= 15 is 0 Å². The number of aromatic nitrogens is 3. The Labute approximate surface area is 102 Å². The van der Waals surface area contributed by atoms with E-state index in [0.29, 0.717) is 10.8 Å². The maximum atomic E-state index is 11.7. The van der Waals surface area contributed by atoms with Gasteiger partial charge in [-0.15, -0.1) is 0 Å². The number of hydrogen-bond acceptors (Lipinski definition) is 3. The normalized spacial score (nSPS) is 10.5. The van der Waals surface area contributed by atoms with Crippen molar-refractivity contribution in [3.8, 4) is 0 Å². The van der Waals surface area contributed by atoms with Crippen LogP contribution in [0.5, 0.6) is 0 Å². The zero-order chi connectivity index (χ0) is 12.4. The molecule has 0 N–H and O–H groups in total. The molecule has 0 saturated heterocycles. The van der Waals surface area contributed by atoms with Gasteiger partial charge in [0.15, 0.2) is 0 Å². The summed E-state index contributed by atoms with van der Waals surface area (Å²) in [5.41, 5.74) is -0.156. The molecule has 0 aliphatic carbocycles. The first-order valence-electron chi connectivity index (χ1n) is 4.96. The van der Waals surface area contributed by atoms with Crippen LogP contribution in [0.2, 0.25) is 5.15 Å². The van der Waals surface area contributed by atoms with Crippen molar-refractivity contribution in [3.05, 3.63) is 62.1 Å². The van der Waals surface area contributed by atoms with Crippen molar-refractivity contribution < 1.29 is 0 Å². The lowest BCUT2D eigenvalue weighted by atomic mass is 10.3. The molecule has 0 saturated carbocycles. The highest BCUT2D eigenvalue weighted by Gasteiger charge is 2.04. The van der Waals surface area contributed by atoms with Gasteiger partial charge in [-0.05, 0) is 12.1 Å². The topological polar surface area (TPSA) is 56.9 Å². The largest absolute Gasteiger partial charge is 0.331 e. The smallest absolute Gasteiger partial charge is 0.303 e. The van der Waals surface area contributed by atoms with E-state index < -0.39 is 0 Å². The Hall–Kier alpha value is -1.88. The van der Waals surface area contributed by atoms with E-state index in [-0.39, 0.29) is 17.8 Å². The minimum absolute atomic E-state index is 0.118. The van der Waals surface area contributed by atoms with E-state index in [1.165, 1.54) is 16.8 Å². The molecule has 0 aromatic carbocycles. The van der Waals surface area contributed by atoms with Gasteiger partial charge in [-0.25, -0.2) is 9.78 Å². The summed E-state index contributed by atoms with van der Waals surface area (Å²) in [5.74, 6) is 0. The molecule has 6 heteroatoms. The highest BCUT2D eigenvalue weighted by atomic mass is 35.5. The Morgan fingerprint density at radius 3 is 2.76 bits per heavy atom. The first kappa shape index (κ1) is 11.6. The predicted octanol–water partition coefficient (Wildman–Crippen LogP) is 0.644. The van der Waals surface area contributed by atoms with Crippen LogP contribution >= 0.6 is 11.6 Å². The Kier molecular flexibility index (Phi) is 3.10. The van der Waals surface area contributed by atoms with Crippen LogP contribution < -0.4 is 11.2 Å². The Morgan fingerprint density at radius 1 is 1.29 bits per heavy atom. The van der Waals surface area contributed by atoms with E-state index in [9.17, 15) is 9.59 Å². The fourth-order valence-electron chi connectivity index (χ4n) is 1.46. The van der Waals surface area contributed by atoms with Crippen LogP contribution in [-0.2, 0) is 13.6 Å². The molecule has 2 aromatic rings. The molecule has 5 nitrogen and oxygen atoms in total. The Morgan fingerprint density at radius 2 is 2.06 bits per heavy atom. The van der Waals surface area contributed by atoms with Gasteiger partial charge in [-0.2, -0.15) is 0 Å². The summed E-state index contributed by atoms with van der Waals surface area (Å²) in [5, 5.41) is 0.336. The van der Waals surface area contributed by atoms with Gasteiger partial charge in [0.05, 0.1) is 12.2 Å². The zero-order valence-electron chi connectivity index (χ0n) is 9.13. The van der Waals surface area contributed by atoms with Crippen molar-refractivity contribution in [2.24, 2.45) is 7.05 Å². The molecule has 2 aromatic heterocycles. The van der Waals surface area contributed by atoms with E-state index in [1.807, 2.05) is 0 Å². The summed E-state index contributed by atoms with van der Waals surface area (Å²) >= 11 is 5.74. The van der Waals surface area contributed by atoms with Gasteiger partial charge in [0, 0.05) is 19.3 Å². The number of rotatable bonds is 2. The predicted molar refractivity (Wildman–Crippen MR) is 64.3 cm³/mol. The molecule has 0 spiro atoms. The van der Waals surface area contributed by atoms with Gasteiger partial charge in [0.1, 0.15) is 5.15 Å². The molecular formula is C11H10ClN3O2. The number of hydrogen-bond donors (Lipinski definition) is 0. The van der Waals surface area contributed by atoms with Crippen LogP contribution in [0, 0.1) is 0 Å². The van der Waals surface area contributed by atoms with Gasteiger partial charge in [0.2, 0.25) is 0 Å². The van der Waals surface area contributed by atoms with Crippen molar-refractivity contribution in [3.63, 3.8) is 0 Å². The molecule has 0 amide bonds. The van der Waals surface area contributed by atoms with Gasteiger partial charge >= 0.3 is 5.69 Å². The molecule has 88 valence electrons. The first-order valence-corrected chi connectivity index (χ1v) is 5.33. The van der Waals surface area contributed by atoms with Crippen molar-refractivity contribution >= 4 is 11.6 Å². The molecule has 0 unspecified atom stereocenters. The summed E-state index contributed by atoms with van der Waals surface area (Å²) in [6.07, 6.45) is 1.44. The van der Waals surface area contributed by atoms with E-state index in [0.717, 1.165) is 4.57 Å². The highest BCUT2D eigenvalue weighted by Crippen LogP contribution is 2.05. The number of aryl methyl sites for hydroxylation is 1. The highest BCUT2D eigenvalue weighted by molar-refractivity contribution is 6.29. The molecule has 0 radical (unpaired) electrons. The van der Waals surface area contributed by atoms with Crippen LogP contribution in [-0.4, -0.2) is 14.1 Å². The molecule has 0 aliphatic heterocycles. The van der Waals surface area contributed by atoms with Crippen molar-refractivity contribution in [1.29, 1.82) is 0 Å². The quantitative estimate of drug-likeness (QED) is 0.736. The summed E-state index contributed by atoms with van der Waals surface area (Å²) < 4.78 is 2.45. The third-order valence-corrected chi connectivity index (χ3v) is 2.54. The van der Waals surface area contributed by atoms with Gasteiger partial charge in [-0.3, -0.25) is 9.36 Å². The Bertz CT molecular complexity index is 660.